The highest BCUT2D eigenvalue weighted by Gasteiger charge is 2.41. The average molecular weight is 440 g/mol. The van der Waals surface area contributed by atoms with E-state index in [1.54, 1.807) is 0 Å². The van der Waals surface area contributed by atoms with E-state index >= 15 is 0 Å². The van der Waals surface area contributed by atoms with Gasteiger partial charge in [0.25, 0.3) is 0 Å². The highest BCUT2D eigenvalue weighted by Crippen LogP contribution is 2.31. The standard InChI is InChI=1S/C28H54FNO/c1-5-8-11-14-17-20-26(21-18-15-12-9-6-2)30-23-25(29)22-27(30)28(31)24(4)19-16-13-10-7-3/h24-27H,5-23H2,1-4H3. The van der Waals surface area contributed by atoms with Crippen LogP contribution in [0.4, 0.5) is 4.39 Å². The number of ketones is 1. The topological polar surface area (TPSA) is 20.3 Å². The maximum atomic E-state index is 14.5. The molecular weight excluding hydrogens is 385 g/mol. The molecule has 3 unspecified atom stereocenters. The van der Waals surface area contributed by atoms with Gasteiger partial charge in [-0.15, -0.1) is 0 Å². The summed E-state index contributed by atoms with van der Waals surface area (Å²) in [5, 5.41) is 0. The monoisotopic (exact) mass is 439 g/mol. The van der Waals surface area contributed by atoms with Crippen LogP contribution in [0.3, 0.4) is 0 Å². The van der Waals surface area contributed by atoms with E-state index in [9.17, 15) is 9.18 Å². The number of carbonyl (C=O) groups is 1. The van der Waals surface area contributed by atoms with Crippen molar-refractivity contribution in [2.24, 2.45) is 5.92 Å². The lowest BCUT2D eigenvalue weighted by molar-refractivity contribution is -0.128. The smallest absolute Gasteiger partial charge is 0.152 e. The molecule has 3 heteroatoms. The SMILES string of the molecule is CCCCCCCC(CCCCCCC)N1CC(F)CC1C(=O)C(C)CCCCCC. The Morgan fingerprint density at radius 1 is 0.774 bits per heavy atom. The molecule has 31 heavy (non-hydrogen) atoms. The Balaban J connectivity index is 2.67. The first kappa shape index (κ1) is 28.6. The largest absolute Gasteiger partial charge is 0.298 e. The summed E-state index contributed by atoms with van der Waals surface area (Å²) in [6, 6.07) is 0.220. The number of nitrogens with zero attached hydrogens (tertiary/aromatic N) is 1. The lowest BCUT2D eigenvalue weighted by Crippen LogP contribution is -2.45. The molecular formula is C28H54FNO. The Kier molecular flexibility index (Phi) is 16.6. The van der Waals surface area contributed by atoms with Gasteiger partial charge in [-0.2, -0.15) is 0 Å². The van der Waals surface area contributed by atoms with Crippen LogP contribution in [0.1, 0.15) is 143 Å². The Morgan fingerprint density at radius 2 is 1.23 bits per heavy atom. The normalized spacial score (nSPS) is 20.6. The zero-order valence-electron chi connectivity index (χ0n) is 21.5. The van der Waals surface area contributed by atoms with Gasteiger partial charge in [-0.1, -0.05) is 118 Å². The van der Waals surface area contributed by atoms with Crippen LogP contribution in [0.15, 0.2) is 0 Å². The Hall–Kier alpha value is -0.440. The van der Waals surface area contributed by atoms with E-state index in [-0.39, 0.29) is 12.0 Å². The average Bonchev–Trinajstić information content (AvgIpc) is 3.15. The van der Waals surface area contributed by atoms with Gasteiger partial charge in [0.2, 0.25) is 0 Å². The Morgan fingerprint density at radius 3 is 1.74 bits per heavy atom. The number of hydrogen-bond donors (Lipinski definition) is 0. The minimum Gasteiger partial charge on any atom is -0.298 e. The van der Waals surface area contributed by atoms with Gasteiger partial charge in [-0.25, -0.2) is 4.39 Å². The molecule has 1 aliphatic heterocycles. The van der Waals surface area contributed by atoms with Crippen LogP contribution >= 0.6 is 0 Å². The quantitative estimate of drug-likeness (QED) is 0.177. The van der Waals surface area contributed by atoms with E-state index in [0.717, 1.165) is 25.7 Å². The van der Waals surface area contributed by atoms with Crippen molar-refractivity contribution in [3.63, 3.8) is 0 Å². The third-order valence-corrected chi connectivity index (χ3v) is 7.34. The second-order valence-electron chi connectivity index (χ2n) is 10.3. The van der Waals surface area contributed by atoms with Gasteiger partial charge >= 0.3 is 0 Å². The molecule has 0 bridgehead atoms. The molecule has 0 aromatic rings. The summed E-state index contributed by atoms with van der Waals surface area (Å²) in [6.07, 6.45) is 20.4. The van der Waals surface area contributed by atoms with Crippen LogP contribution in [0.2, 0.25) is 0 Å². The molecule has 0 aliphatic carbocycles. The predicted octanol–water partition coefficient (Wildman–Crippen LogP) is 8.66. The van der Waals surface area contributed by atoms with Gasteiger partial charge in [0.1, 0.15) is 6.17 Å². The summed E-state index contributed by atoms with van der Waals surface area (Å²) >= 11 is 0. The molecule has 1 rings (SSSR count). The molecule has 0 amide bonds. The fourth-order valence-corrected chi connectivity index (χ4v) is 5.28. The molecule has 0 radical (unpaired) electrons. The van der Waals surface area contributed by atoms with E-state index < -0.39 is 6.17 Å². The first-order valence-corrected chi connectivity index (χ1v) is 14.0. The molecule has 2 nitrogen and oxygen atoms in total. The van der Waals surface area contributed by atoms with Gasteiger partial charge in [-0.05, 0) is 19.3 Å². The number of alkyl halides is 1. The highest BCUT2D eigenvalue weighted by molar-refractivity contribution is 5.86. The van der Waals surface area contributed by atoms with E-state index in [1.807, 2.05) is 0 Å². The van der Waals surface area contributed by atoms with Crippen molar-refractivity contribution in [1.29, 1.82) is 0 Å². The molecule has 0 spiro atoms. The van der Waals surface area contributed by atoms with Gasteiger partial charge in [0, 0.05) is 24.9 Å². The minimum absolute atomic E-state index is 0.0735. The summed E-state index contributed by atoms with van der Waals surface area (Å²) < 4.78 is 14.5. The minimum atomic E-state index is -0.830. The van der Waals surface area contributed by atoms with Crippen molar-refractivity contribution in [3.05, 3.63) is 0 Å². The molecule has 1 fully saturated rings. The lowest BCUT2D eigenvalue weighted by Gasteiger charge is -2.33. The molecule has 0 saturated carbocycles. The Labute approximate surface area is 194 Å². The molecule has 0 aromatic heterocycles. The van der Waals surface area contributed by atoms with E-state index in [1.165, 1.54) is 83.5 Å². The summed E-state index contributed by atoms with van der Waals surface area (Å²) in [5.74, 6) is 0.392. The fourth-order valence-electron chi connectivity index (χ4n) is 5.28. The Bertz CT molecular complexity index is 427. The second kappa shape index (κ2) is 18.0. The van der Waals surface area contributed by atoms with Gasteiger partial charge in [0.05, 0.1) is 6.04 Å². The third-order valence-electron chi connectivity index (χ3n) is 7.34. The number of halogens is 1. The fraction of sp³-hybridized carbons (Fsp3) is 0.964. The van der Waals surface area contributed by atoms with Gasteiger partial charge in [-0.3, -0.25) is 9.69 Å². The molecule has 0 aromatic carbocycles. The predicted molar refractivity (Wildman–Crippen MR) is 133 cm³/mol. The number of Topliss-reactive ketones (excluding diaryl/α,β-unsaturated/α-hetero) is 1. The van der Waals surface area contributed by atoms with E-state index in [0.29, 0.717) is 24.8 Å². The van der Waals surface area contributed by atoms with Crippen molar-refractivity contribution >= 4 is 5.78 Å². The first-order chi connectivity index (χ1) is 15.0. The van der Waals surface area contributed by atoms with E-state index in [4.69, 9.17) is 0 Å². The van der Waals surface area contributed by atoms with Crippen LogP contribution < -0.4 is 0 Å². The van der Waals surface area contributed by atoms with Crippen molar-refractivity contribution in [2.75, 3.05) is 6.54 Å². The number of hydrogen-bond acceptors (Lipinski definition) is 2. The molecule has 3 atom stereocenters. The van der Waals surface area contributed by atoms with Crippen LogP contribution in [0, 0.1) is 5.92 Å². The maximum absolute atomic E-state index is 14.5. The van der Waals surface area contributed by atoms with Gasteiger partial charge in [0.15, 0.2) is 5.78 Å². The first-order valence-electron chi connectivity index (χ1n) is 14.0. The second-order valence-corrected chi connectivity index (χ2v) is 10.3. The van der Waals surface area contributed by atoms with Gasteiger partial charge < -0.3 is 0 Å². The zero-order valence-corrected chi connectivity index (χ0v) is 21.5. The van der Waals surface area contributed by atoms with Crippen molar-refractivity contribution in [1.82, 2.24) is 4.90 Å². The molecule has 0 N–H and O–H groups in total. The van der Waals surface area contributed by atoms with Crippen LogP contribution in [-0.4, -0.2) is 35.5 Å². The highest BCUT2D eigenvalue weighted by atomic mass is 19.1. The third kappa shape index (κ3) is 11.8. The number of likely N-dealkylation sites (tertiary alicyclic amines) is 1. The summed E-state index contributed by atoms with van der Waals surface area (Å²) in [7, 11) is 0. The van der Waals surface area contributed by atoms with E-state index in [2.05, 4.69) is 32.6 Å². The van der Waals surface area contributed by atoms with Crippen LogP contribution in [0.5, 0.6) is 0 Å². The zero-order chi connectivity index (χ0) is 22.9. The number of unbranched alkanes of at least 4 members (excludes halogenated alkanes) is 11. The summed E-state index contributed by atoms with van der Waals surface area (Å²) in [4.78, 5) is 15.6. The van der Waals surface area contributed by atoms with Crippen molar-refractivity contribution in [2.45, 2.75) is 162 Å². The molecule has 1 aliphatic rings. The van der Waals surface area contributed by atoms with Crippen molar-refractivity contribution in [3.8, 4) is 0 Å². The maximum Gasteiger partial charge on any atom is 0.152 e. The molecule has 1 heterocycles. The summed E-state index contributed by atoms with van der Waals surface area (Å²) in [6.45, 7) is 9.29. The van der Waals surface area contributed by atoms with Crippen molar-refractivity contribution < 1.29 is 9.18 Å². The number of rotatable bonds is 20. The summed E-state index contributed by atoms with van der Waals surface area (Å²) in [5.41, 5.74) is 0. The van der Waals surface area contributed by atoms with Crippen LogP contribution in [0.25, 0.3) is 0 Å². The molecule has 1 saturated heterocycles. The lowest BCUT2D eigenvalue weighted by atomic mass is 9.91. The molecule has 184 valence electrons. The van der Waals surface area contributed by atoms with Crippen LogP contribution in [-0.2, 0) is 4.79 Å². The number of carbonyl (C=O) groups excluding carboxylic acids is 1.